The summed E-state index contributed by atoms with van der Waals surface area (Å²) in [5.74, 6) is -0.228. The highest BCUT2D eigenvalue weighted by Crippen LogP contribution is 2.21. The maximum Gasteiger partial charge on any atom is 0.219 e. The van der Waals surface area contributed by atoms with Crippen LogP contribution >= 0.6 is 0 Å². The zero-order valence-corrected chi connectivity index (χ0v) is 10.5. The van der Waals surface area contributed by atoms with Gasteiger partial charge >= 0.3 is 0 Å². The van der Waals surface area contributed by atoms with Gasteiger partial charge in [-0.2, -0.15) is 0 Å². The molecule has 0 aromatic heterocycles. The molecule has 5 heteroatoms. The summed E-state index contributed by atoms with van der Waals surface area (Å²) in [6.45, 7) is 4.54. The van der Waals surface area contributed by atoms with E-state index < -0.39 is 0 Å². The molecule has 0 radical (unpaired) electrons. The van der Waals surface area contributed by atoms with Gasteiger partial charge in [-0.3, -0.25) is 4.79 Å². The average molecular weight is 251 g/mol. The van der Waals surface area contributed by atoms with Gasteiger partial charge in [0.15, 0.2) is 0 Å². The van der Waals surface area contributed by atoms with Crippen molar-refractivity contribution in [2.45, 2.75) is 13.3 Å². The minimum absolute atomic E-state index is 0.0932. The van der Waals surface area contributed by atoms with Gasteiger partial charge in [0.2, 0.25) is 5.91 Å². The molecule has 0 saturated carbocycles. The van der Waals surface area contributed by atoms with Crippen LogP contribution in [0.25, 0.3) is 0 Å². The molecule has 1 aromatic carbocycles. The Labute approximate surface area is 106 Å². The maximum atomic E-state index is 13.3. The number of nitrogen functional groups attached to an aromatic ring is 1. The van der Waals surface area contributed by atoms with E-state index >= 15 is 0 Å². The number of hydrogen-bond acceptors (Lipinski definition) is 3. The summed E-state index contributed by atoms with van der Waals surface area (Å²) in [6, 6.07) is 4.56. The number of nitrogens with zero attached hydrogens (tertiary/aromatic N) is 2. The van der Waals surface area contributed by atoms with Crippen LogP contribution in [0.15, 0.2) is 18.2 Å². The molecule has 1 fully saturated rings. The Kier molecular flexibility index (Phi) is 3.69. The van der Waals surface area contributed by atoms with Gasteiger partial charge in [0, 0.05) is 44.5 Å². The number of carbonyl (C=O) groups is 1. The largest absolute Gasteiger partial charge is 0.399 e. The first-order valence-electron chi connectivity index (χ1n) is 6.13. The van der Waals surface area contributed by atoms with Gasteiger partial charge in [0.1, 0.15) is 5.82 Å². The highest BCUT2D eigenvalue weighted by molar-refractivity contribution is 5.73. The lowest BCUT2D eigenvalue weighted by atomic mass is 10.2. The number of amides is 1. The minimum Gasteiger partial charge on any atom is -0.399 e. The fourth-order valence-electron chi connectivity index (χ4n) is 2.27. The number of rotatable bonds is 1. The monoisotopic (exact) mass is 251 g/mol. The van der Waals surface area contributed by atoms with Crippen LogP contribution in [-0.4, -0.2) is 37.0 Å². The van der Waals surface area contributed by atoms with E-state index in [1.807, 2.05) is 4.90 Å². The lowest BCUT2D eigenvalue weighted by Gasteiger charge is -2.23. The Bertz CT molecular complexity index is 430. The Morgan fingerprint density at radius 3 is 2.67 bits per heavy atom. The second-order valence-corrected chi connectivity index (χ2v) is 4.59. The molecule has 1 saturated heterocycles. The highest BCUT2D eigenvalue weighted by atomic mass is 19.1. The predicted molar refractivity (Wildman–Crippen MR) is 69.9 cm³/mol. The summed E-state index contributed by atoms with van der Waals surface area (Å²) in [5.41, 5.74) is 6.87. The van der Waals surface area contributed by atoms with E-state index in [0.717, 1.165) is 25.2 Å². The predicted octanol–water partition coefficient (Wildman–Crippen LogP) is 1.47. The van der Waals surface area contributed by atoms with Crippen molar-refractivity contribution in [1.29, 1.82) is 0 Å². The third kappa shape index (κ3) is 2.91. The molecule has 0 bridgehead atoms. The Balaban J connectivity index is 2.12. The molecule has 1 heterocycles. The van der Waals surface area contributed by atoms with Gasteiger partial charge in [-0.1, -0.05) is 0 Å². The Morgan fingerprint density at radius 2 is 2.00 bits per heavy atom. The fraction of sp³-hybridized carbons (Fsp3) is 0.462. The van der Waals surface area contributed by atoms with E-state index in [2.05, 4.69) is 4.90 Å². The summed E-state index contributed by atoms with van der Waals surface area (Å²) < 4.78 is 13.3. The molecule has 1 amide bonds. The molecule has 98 valence electrons. The van der Waals surface area contributed by atoms with Crippen LogP contribution in [0, 0.1) is 5.82 Å². The first-order valence-corrected chi connectivity index (χ1v) is 6.13. The third-order valence-electron chi connectivity index (χ3n) is 3.21. The van der Waals surface area contributed by atoms with E-state index in [-0.39, 0.29) is 11.7 Å². The zero-order chi connectivity index (χ0) is 13.1. The van der Waals surface area contributed by atoms with Crippen LogP contribution in [0.2, 0.25) is 0 Å². The molecule has 1 aliphatic rings. The molecule has 2 rings (SSSR count). The zero-order valence-electron chi connectivity index (χ0n) is 10.5. The van der Waals surface area contributed by atoms with Gasteiger partial charge in [-0.05, 0) is 24.6 Å². The lowest BCUT2D eigenvalue weighted by Crippen LogP contribution is -2.33. The number of carbonyl (C=O) groups excluding carboxylic acids is 1. The molecule has 0 aliphatic carbocycles. The summed E-state index contributed by atoms with van der Waals surface area (Å²) in [4.78, 5) is 15.2. The molecule has 1 aliphatic heterocycles. The first-order chi connectivity index (χ1) is 8.56. The standard InChI is InChI=1S/C13H18FN3O/c1-10(18)16-3-2-4-17(6-5-16)13-8-11(14)7-12(15)9-13/h7-9H,2-6,15H2,1H3. The molecule has 4 nitrogen and oxygen atoms in total. The van der Waals surface area contributed by atoms with E-state index in [4.69, 9.17) is 5.73 Å². The molecule has 18 heavy (non-hydrogen) atoms. The molecule has 2 N–H and O–H groups in total. The van der Waals surface area contributed by atoms with Crippen LogP contribution < -0.4 is 10.6 Å². The average Bonchev–Trinajstić information content (AvgIpc) is 2.52. The van der Waals surface area contributed by atoms with Gasteiger partial charge in [0.25, 0.3) is 0 Å². The van der Waals surface area contributed by atoms with Crippen molar-refractivity contribution in [1.82, 2.24) is 4.90 Å². The van der Waals surface area contributed by atoms with Crippen LogP contribution in [0.4, 0.5) is 15.8 Å². The summed E-state index contributed by atoms with van der Waals surface area (Å²) in [6.07, 6.45) is 0.885. The second-order valence-electron chi connectivity index (χ2n) is 4.59. The Hall–Kier alpha value is -1.78. The number of hydrogen-bond donors (Lipinski definition) is 1. The van der Waals surface area contributed by atoms with E-state index in [0.29, 0.717) is 18.8 Å². The molecule has 0 atom stereocenters. The van der Waals surface area contributed by atoms with Crippen molar-refractivity contribution < 1.29 is 9.18 Å². The minimum atomic E-state index is -0.322. The molecule has 1 aromatic rings. The van der Waals surface area contributed by atoms with Gasteiger partial charge in [-0.15, -0.1) is 0 Å². The number of anilines is 2. The van der Waals surface area contributed by atoms with Crippen LogP contribution in [0.3, 0.4) is 0 Å². The fourth-order valence-corrected chi connectivity index (χ4v) is 2.27. The molecule has 0 spiro atoms. The number of nitrogens with two attached hydrogens (primary N) is 1. The molecular formula is C13H18FN3O. The van der Waals surface area contributed by atoms with Crippen LogP contribution in [0.1, 0.15) is 13.3 Å². The lowest BCUT2D eigenvalue weighted by molar-refractivity contribution is -0.128. The van der Waals surface area contributed by atoms with Crippen molar-refractivity contribution in [3.8, 4) is 0 Å². The highest BCUT2D eigenvalue weighted by Gasteiger charge is 2.17. The van der Waals surface area contributed by atoms with Gasteiger partial charge < -0.3 is 15.5 Å². The van der Waals surface area contributed by atoms with Crippen molar-refractivity contribution in [2.24, 2.45) is 0 Å². The topological polar surface area (TPSA) is 49.6 Å². The maximum absolute atomic E-state index is 13.3. The SMILES string of the molecule is CC(=O)N1CCCN(c2cc(N)cc(F)c2)CC1. The summed E-state index contributed by atoms with van der Waals surface area (Å²) in [5, 5.41) is 0. The summed E-state index contributed by atoms with van der Waals surface area (Å²) >= 11 is 0. The van der Waals surface area contributed by atoms with Crippen molar-refractivity contribution in [2.75, 3.05) is 36.8 Å². The first kappa shape index (κ1) is 12.7. The van der Waals surface area contributed by atoms with Crippen molar-refractivity contribution in [3.05, 3.63) is 24.0 Å². The third-order valence-corrected chi connectivity index (χ3v) is 3.21. The summed E-state index contributed by atoms with van der Waals surface area (Å²) in [7, 11) is 0. The number of halogens is 1. The van der Waals surface area contributed by atoms with E-state index in [1.165, 1.54) is 12.1 Å². The van der Waals surface area contributed by atoms with E-state index in [9.17, 15) is 9.18 Å². The van der Waals surface area contributed by atoms with Gasteiger partial charge in [-0.25, -0.2) is 4.39 Å². The molecular weight excluding hydrogens is 233 g/mol. The second kappa shape index (κ2) is 5.25. The van der Waals surface area contributed by atoms with Crippen molar-refractivity contribution in [3.63, 3.8) is 0 Å². The quantitative estimate of drug-likeness (QED) is 0.769. The molecule has 0 unspecified atom stereocenters. The normalized spacial score (nSPS) is 16.6. The van der Waals surface area contributed by atoms with Gasteiger partial charge in [0.05, 0.1) is 0 Å². The van der Waals surface area contributed by atoms with E-state index in [1.54, 1.807) is 13.0 Å². The Morgan fingerprint density at radius 1 is 1.22 bits per heavy atom. The van der Waals surface area contributed by atoms with Crippen LogP contribution in [0.5, 0.6) is 0 Å². The smallest absolute Gasteiger partial charge is 0.219 e. The van der Waals surface area contributed by atoms with Crippen molar-refractivity contribution >= 4 is 17.3 Å². The number of benzene rings is 1. The van der Waals surface area contributed by atoms with Crippen LogP contribution in [-0.2, 0) is 4.79 Å².